The van der Waals surface area contributed by atoms with Gasteiger partial charge in [0.2, 0.25) is 0 Å². The SMILES string of the molecule is Cc1cc(CNCCCI)ccc1Cl. The highest BCUT2D eigenvalue weighted by atomic mass is 127. The molecule has 3 heteroatoms. The molecule has 0 bridgehead atoms. The highest BCUT2D eigenvalue weighted by Crippen LogP contribution is 2.15. The van der Waals surface area contributed by atoms with E-state index >= 15 is 0 Å². The van der Waals surface area contributed by atoms with Gasteiger partial charge >= 0.3 is 0 Å². The lowest BCUT2D eigenvalue weighted by Gasteiger charge is -2.05. The lowest BCUT2D eigenvalue weighted by atomic mass is 10.1. The van der Waals surface area contributed by atoms with E-state index in [9.17, 15) is 0 Å². The Morgan fingerprint density at radius 2 is 2.21 bits per heavy atom. The third kappa shape index (κ3) is 4.15. The van der Waals surface area contributed by atoms with Crippen molar-refractivity contribution in [2.75, 3.05) is 11.0 Å². The lowest BCUT2D eigenvalue weighted by molar-refractivity contribution is 0.681. The maximum atomic E-state index is 5.94. The molecular formula is C11H15ClIN. The molecule has 0 aromatic heterocycles. The van der Waals surface area contributed by atoms with Gasteiger partial charge in [-0.25, -0.2) is 0 Å². The Kier molecular flexibility index (Phi) is 5.82. The quantitative estimate of drug-likeness (QED) is 0.496. The Morgan fingerprint density at radius 1 is 1.43 bits per heavy atom. The number of hydrogen-bond acceptors (Lipinski definition) is 1. The summed E-state index contributed by atoms with van der Waals surface area (Å²) in [4.78, 5) is 0. The van der Waals surface area contributed by atoms with Crippen LogP contribution in [0.1, 0.15) is 17.5 Å². The first-order valence-corrected chi connectivity index (χ1v) is 6.66. The highest BCUT2D eigenvalue weighted by Gasteiger charge is 1.96. The van der Waals surface area contributed by atoms with Gasteiger partial charge in [-0.2, -0.15) is 0 Å². The predicted molar refractivity (Wildman–Crippen MR) is 71.4 cm³/mol. The third-order valence-electron chi connectivity index (χ3n) is 2.04. The molecule has 14 heavy (non-hydrogen) atoms. The van der Waals surface area contributed by atoms with E-state index in [-0.39, 0.29) is 0 Å². The van der Waals surface area contributed by atoms with Crippen LogP contribution in [0.3, 0.4) is 0 Å². The minimum absolute atomic E-state index is 0.848. The number of aryl methyl sites for hydroxylation is 1. The molecule has 0 heterocycles. The summed E-state index contributed by atoms with van der Waals surface area (Å²) in [6.45, 7) is 4.07. The van der Waals surface area contributed by atoms with Gasteiger partial charge in [0.25, 0.3) is 0 Å². The summed E-state index contributed by atoms with van der Waals surface area (Å²) in [6, 6.07) is 6.18. The molecule has 0 aliphatic heterocycles. The Morgan fingerprint density at radius 3 is 2.86 bits per heavy atom. The molecule has 0 saturated carbocycles. The standard InChI is InChI=1S/C11H15ClIN/c1-9-7-10(3-4-11(9)12)8-14-6-2-5-13/h3-4,7,14H,2,5-6,8H2,1H3. The van der Waals surface area contributed by atoms with E-state index in [4.69, 9.17) is 11.6 Å². The van der Waals surface area contributed by atoms with E-state index in [1.54, 1.807) is 0 Å². The fourth-order valence-corrected chi connectivity index (χ4v) is 1.74. The summed E-state index contributed by atoms with van der Waals surface area (Å²) >= 11 is 8.34. The molecule has 1 aromatic carbocycles. The van der Waals surface area contributed by atoms with E-state index in [2.05, 4.69) is 40.0 Å². The van der Waals surface area contributed by atoms with Crippen LogP contribution >= 0.6 is 34.2 Å². The van der Waals surface area contributed by atoms with Crippen molar-refractivity contribution in [2.24, 2.45) is 0 Å². The van der Waals surface area contributed by atoms with Gasteiger partial charge in [-0.3, -0.25) is 0 Å². The van der Waals surface area contributed by atoms with E-state index in [1.807, 2.05) is 13.0 Å². The van der Waals surface area contributed by atoms with Crippen LogP contribution in [0.15, 0.2) is 18.2 Å². The molecule has 0 amide bonds. The summed E-state index contributed by atoms with van der Waals surface area (Å²) in [5.74, 6) is 0. The van der Waals surface area contributed by atoms with Crippen molar-refractivity contribution >= 4 is 34.2 Å². The monoisotopic (exact) mass is 323 g/mol. The first-order chi connectivity index (χ1) is 6.74. The Hall–Kier alpha value is 0.200. The van der Waals surface area contributed by atoms with Crippen LogP contribution in [-0.2, 0) is 6.54 Å². The first kappa shape index (κ1) is 12.3. The molecule has 0 saturated heterocycles. The predicted octanol–water partition coefficient (Wildman–Crippen LogP) is 3.56. The zero-order chi connectivity index (χ0) is 10.4. The van der Waals surface area contributed by atoms with Gasteiger partial charge in [-0.1, -0.05) is 46.3 Å². The van der Waals surface area contributed by atoms with Crippen LogP contribution in [0, 0.1) is 6.92 Å². The largest absolute Gasteiger partial charge is 0.313 e. The topological polar surface area (TPSA) is 12.0 Å². The molecule has 1 rings (SSSR count). The summed E-state index contributed by atoms with van der Waals surface area (Å²) < 4.78 is 1.21. The van der Waals surface area contributed by atoms with Crippen LogP contribution in [0.4, 0.5) is 0 Å². The first-order valence-electron chi connectivity index (χ1n) is 4.75. The number of nitrogens with one attached hydrogen (secondary N) is 1. The average molecular weight is 324 g/mol. The second-order valence-corrected chi connectivity index (χ2v) is 4.79. The normalized spacial score (nSPS) is 10.5. The van der Waals surface area contributed by atoms with Gasteiger partial charge in [-0.15, -0.1) is 0 Å². The number of alkyl halides is 1. The Balaban J connectivity index is 2.39. The van der Waals surface area contributed by atoms with Crippen molar-refractivity contribution in [2.45, 2.75) is 19.9 Å². The number of rotatable bonds is 5. The molecule has 0 radical (unpaired) electrons. The molecule has 0 atom stereocenters. The number of halogens is 2. The summed E-state index contributed by atoms with van der Waals surface area (Å²) in [6.07, 6.45) is 1.23. The van der Waals surface area contributed by atoms with Gasteiger partial charge in [-0.05, 0) is 37.1 Å². The van der Waals surface area contributed by atoms with Gasteiger partial charge in [0.1, 0.15) is 0 Å². The summed E-state index contributed by atoms with van der Waals surface area (Å²) in [5.41, 5.74) is 2.46. The van der Waals surface area contributed by atoms with Crippen molar-refractivity contribution < 1.29 is 0 Å². The average Bonchev–Trinajstić information content (AvgIpc) is 2.18. The second kappa shape index (κ2) is 6.64. The third-order valence-corrected chi connectivity index (χ3v) is 3.23. The van der Waals surface area contributed by atoms with Crippen LogP contribution < -0.4 is 5.32 Å². The van der Waals surface area contributed by atoms with Crippen LogP contribution in [0.2, 0.25) is 5.02 Å². The Labute approximate surface area is 104 Å². The van der Waals surface area contributed by atoms with E-state index in [0.717, 1.165) is 23.7 Å². The fraction of sp³-hybridized carbons (Fsp3) is 0.455. The van der Waals surface area contributed by atoms with Gasteiger partial charge < -0.3 is 5.32 Å². The fourth-order valence-electron chi connectivity index (χ4n) is 1.24. The zero-order valence-electron chi connectivity index (χ0n) is 8.32. The van der Waals surface area contributed by atoms with Gasteiger partial charge in [0.15, 0.2) is 0 Å². The van der Waals surface area contributed by atoms with Gasteiger partial charge in [0.05, 0.1) is 0 Å². The molecule has 0 aliphatic rings. The number of hydrogen-bond donors (Lipinski definition) is 1. The van der Waals surface area contributed by atoms with E-state index in [1.165, 1.54) is 16.4 Å². The molecule has 78 valence electrons. The summed E-state index contributed by atoms with van der Waals surface area (Å²) in [5, 5.41) is 4.25. The number of benzene rings is 1. The minimum Gasteiger partial charge on any atom is -0.313 e. The van der Waals surface area contributed by atoms with Crippen molar-refractivity contribution in [1.82, 2.24) is 5.32 Å². The maximum Gasteiger partial charge on any atom is 0.0435 e. The highest BCUT2D eigenvalue weighted by molar-refractivity contribution is 14.1. The molecule has 1 N–H and O–H groups in total. The van der Waals surface area contributed by atoms with Gasteiger partial charge in [0, 0.05) is 16.0 Å². The van der Waals surface area contributed by atoms with Crippen LogP contribution in [0.5, 0.6) is 0 Å². The van der Waals surface area contributed by atoms with Crippen molar-refractivity contribution in [3.05, 3.63) is 34.3 Å². The van der Waals surface area contributed by atoms with Crippen LogP contribution in [-0.4, -0.2) is 11.0 Å². The molecule has 1 aromatic rings. The minimum atomic E-state index is 0.848. The van der Waals surface area contributed by atoms with Crippen molar-refractivity contribution in [1.29, 1.82) is 0 Å². The van der Waals surface area contributed by atoms with Crippen LogP contribution in [0.25, 0.3) is 0 Å². The smallest absolute Gasteiger partial charge is 0.0435 e. The molecule has 0 fully saturated rings. The lowest BCUT2D eigenvalue weighted by Crippen LogP contribution is -2.14. The molecular weight excluding hydrogens is 308 g/mol. The summed E-state index contributed by atoms with van der Waals surface area (Å²) in [7, 11) is 0. The zero-order valence-corrected chi connectivity index (χ0v) is 11.2. The van der Waals surface area contributed by atoms with Crippen molar-refractivity contribution in [3.8, 4) is 0 Å². The Bertz CT molecular complexity index is 289. The van der Waals surface area contributed by atoms with E-state index in [0.29, 0.717) is 0 Å². The molecule has 0 unspecified atom stereocenters. The van der Waals surface area contributed by atoms with E-state index < -0.39 is 0 Å². The maximum absolute atomic E-state index is 5.94. The molecule has 1 nitrogen and oxygen atoms in total. The second-order valence-electron chi connectivity index (χ2n) is 3.30. The molecule has 0 spiro atoms. The van der Waals surface area contributed by atoms with Crippen molar-refractivity contribution in [3.63, 3.8) is 0 Å². The molecule has 0 aliphatic carbocycles.